The van der Waals surface area contributed by atoms with E-state index in [2.05, 4.69) is 0 Å². The molecule has 0 bridgehead atoms. The molecule has 0 aromatic heterocycles. The van der Waals surface area contributed by atoms with Crippen LogP contribution >= 0.6 is 0 Å². The summed E-state index contributed by atoms with van der Waals surface area (Å²) in [6.45, 7) is 0. The quantitative estimate of drug-likeness (QED) is 0.623. The van der Waals surface area contributed by atoms with Crippen molar-refractivity contribution in [1.29, 1.82) is 0 Å². The molecule has 0 saturated carbocycles. The van der Waals surface area contributed by atoms with E-state index in [4.69, 9.17) is 4.18 Å². The number of carbonyl (C=O) groups is 2. The molecular weight excluding hydrogens is 344 g/mol. The van der Waals surface area contributed by atoms with Crippen molar-refractivity contribution in [3.05, 3.63) is 88.0 Å². The fourth-order valence-corrected chi connectivity index (χ4v) is 3.76. The van der Waals surface area contributed by atoms with Gasteiger partial charge in [0.15, 0.2) is 5.78 Å². The molecule has 0 amide bonds. The zero-order valence-corrected chi connectivity index (χ0v) is 13.4. The fraction of sp³-hybridized carbons (Fsp3) is 0. The average Bonchev–Trinajstić information content (AvgIpc) is 2.62. The van der Waals surface area contributed by atoms with Crippen LogP contribution in [0.15, 0.2) is 59.5 Å². The highest BCUT2D eigenvalue weighted by Gasteiger charge is 2.47. The van der Waals surface area contributed by atoms with Gasteiger partial charge < -0.3 is 5.53 Å². The van der Waals surface area contributed by atoms with E-state index in [0.717, 1.165) is 6.08 Å². The van der Waals surface area contributed by atoms with Gasteiger partial charge in [0.05, 0.1) is 0 Å². The van der Waals surface area contributed by atoms with Crippen LogP contribution in [-0.2, 0) is 14.3 Å². The number of nitrogens with zero attached hydrogens (tertiary/aromatic N) is 2. The van der Waals surface area contributed by atoms with Crippen molar-refractivity contribution in [3.8, 4) is 0 Å². The Balaban J connectivity index is 1.70. The van der Waals surface area contributed by atoms with Crippen LogP contribution in [0.25, 0.3) is 5.53 Å². The van der Waals surface area contributed by atoms with E-state index in [9.17, 15) is 23.5 Å². The Morgan fingerprint density at radius 3 is 2.20 bits per heavy atom. The van der Waals surface area contributed by atoms with Gasteiger partial charge in [-0.2, -0.15) is 12.6 Å². The zero-order valence-electron chi connectivity index (χ0n) is 12.5. The predicted octanol–water partition coefficient (Wildman–Crippen LogP) is 2.51. The summed E-state index contributed by atoms with van der Waals surface area (Å²) in [5, 5.41) is 0. The maximum absolute atomic E-state index is 12.5. The first-order valence-corrected chi connectivity index (χ1v) is 8.60. The molecule has 2 aliphatic rings. The Morgan fingerprint density at radius 1 is 0.880 bits per heavy atom. The molecule has 0 spiro atoms. The molecular formula is C17H9N2O5S. The Hall–Kier alpha value is -2.97. The lowest BCUT2D eigenvalue weighted by Gasteiger charge is -2.25. The summed E-state index contributed by atoms with van der Waals surface area (Å²) >= 11 is 0. The number of para-hydroxylation sites is 1. The van der Waals surface area contributed by atoms with Gasteiger partial charge in [0, 0.05) is 23.3 Å². The Labute approximate surface area is 142 Å². The van der Waals surface area contributed by atoms with Crippen LogP contribution in [0.5, 0.6) is 0 Å². The lowest BCUT2D eigenvalue weighted by Crippen LogP contribution is -2.31. The van der Waals surface area contributed by atoms with E-state index < -0.39 is 26.6 Å². The molecule has 8 heteroatoms. The van der Waals surface area contributed by atoms with Crippen LogP contribution in [0.1, 0.15) is 26.3 Å². The van der Waals surface area contributed by atoms with Gasteiger partial charge in [-0.1, -0.05) is 36.4 Å². The first-order valence-electron chi connectivity index (χ1n) is 7.20. The van der Waals surface area contributed by atoms with Gasteiger partial charge in [0.25, 0.3) is 0 Å². The molecule has 0 fully saturated rings. The third-order valence-corrected chi connectivity index (χ3v) is 5.16. The number of benzene rings is 2. The smallest absolute Gasteiger partial charge is 0.409 e. The van der Waals surface area contributed by atoms with E-state index in [-0.39, 0.29) is 17.4 Å². The van der Waals surface area contributed by atoms with E-state index in [0.29, 0.717) is 15.9 Å². The molecule has 1 aliphatic heterocycles. The highest BCUT2D eigenvalue weighted by molar-refractivity contribution is 7.91. The largest absolute Gasteiger partial charge is 0.497 e. The Kier molecular flexibility index (Phi) is 3.28. The minimum absolute atomic E-state index is 0.00274. The second kappa shape index (κ2) is 5.27. The predicted molar refractivity (Wildman–Crippen MR) is 85.3 cm³/mol. The minimum atomic E-state index is -4.59. The number of hydrogen-bond donors (Lipinski definition) is 0. The number of Topliss-reactive ketones (excluding diaryl/α,β-unsaturated/α-hetero) is 1. The van der Waals surface area contributed by atoms with Crippen molar-refractivity contribution < 1.29 is 26.9 Å². The minimum Gasteiger partial charge on any atom is -0.497 e. The molecule has 0 unspecified atom stereocenters. The molecule has 2 aromatic rings. The maximum atomic E-state index is 12.5. The Morgan fingerprint density at radius 2 is 1.48 bits per heavy atom. The van der Waals surface area contributed by atoms with Gasteiger partial charge >= 0.3 is 16.3 Å². The highest BCUT2D eigenvalue weighted by Crippen LogP contribution is 2.42. The topological polar surface area (TPSA) is 103 Å². The van der Waals surface area contributed by atoms with E-state index in [1.165, 1.54) is 18.2 Å². The number of fused-ring (bicyclic) bond motifs is 2. The van der Waals surface area contributed by atoms with Crippen molar-refractivity contribution >= 4 is 27.4 Å². The SMILES string of the molecule is [N-]=[N+]1[C](OS(=O)(=O)C2=CC(=O)c3ccccc3C2=O)c2ccccc21. The van der Waals surface area contributed by atoms with Crippen molar-refractivity contribution in [2.75, 3.05) is 0 Å². The second-order valence-electron chi connectivity index (χ2n) is 5.42. The van der Waals surface area contributed by atoms with Gasteiger partial charge in [-0.05, 0) is 6.07 Å². The zero-order chi connectivity index (χ0) is 17.8. The van der Waals surface area contributed by atoms with E-state index in [1.54, 1.807) is 30.3 Å². The Bertz CT molecular complexity index is 1100. The van der Waals surface area contributed by atoms with E-state index in [1.807, 2.05) is 0 Å². The van der Waals surface area contributed by atoms with Crippen LogP contribution < -0.4 is 0 Å². The first-order chi connectivity index (χ1) is 11.9. The molecule has 0 atom stereocenters. The second-order valence-corrected chi connectivity index (χ2v) is 6.93. The van der Waals surface area contributed by atoms with Gasteiger partial charge in [0.2, 0.25) is 11.5 Å². The van der Waals surface area contributed by atoms with Gasteiger partial charge in [-0.15, -0.1) is 0 Å². The standard InChI is InChI=1S/C17H9N2O5S/c18-19-13-8-4-3-7-12(13)17(19)24-25(22,23)15-9-14(20)10-5-1-2-6-11(10)16(15)21/h1-9H. The van der Waals surface area contributed by atoms with Crippen molar-refractivity contribution in [2.45, 2.75) is 0 Å². The monoisotopic (exact) mass is 353 g/mol. The summed E-state index contributed by atoms with van der Waals surface area (Å²) in [7, 11) is -4.59. The van der Waals surface area contributed by atoms with Gasteiger partial charge in [-0.25, -0.2) is 4.70 Å². The summed E-state index contributed by atoms with van der Waals surface area (Å²) < 4.78 is 30.5. The van der Waals surface area contributed by atoms with Crippen molar-refractivity contribution in [2.24, 2.45) is 0 Å². The van der Waals surface area contributed by atoms with Crippen LogP contribution in [0, 0.1) is 6.23 Å². The summed E-state index contributed by atoms with van der Waals surface area (Å²) in [6.07, 6.45) is 0.419. The third kappa shape index (κ3) is 2.26. The molecule has 0 saturated heterocycles. The summed E-state index contributed by atoms with van der Waals surface area (Å²) in [4.78, 5) is 23.8. The van der Waals surface area contributed by atoms with Crippen molar-refractivity contribution in [3.63, 3.8) is 0 Å². The summed E-state index contributed by atoms with van der Waals surface area (Å²) in [6, 6.07) is 12.4. The van der Waals surface area contributed by atoms with Crippen LogP contribution in [-0.4, -0.2) is 24.7 Å². The number of allylic oxidation sites excluding steroid dienone is 2. The molecule has 1 aliphatic carbocycles. The number of rotatable bonds is 3. The highest BCUT2D eigenvalue weighted by atomic mass is 32.2. The molecule has 123 valence electrons. The average molecular weight is 353 g/mol. The molecule has 4 rings (SSSR count). The number of ketones is 2. The molecule has 7 nitrogen and oxygen atoms in total. The van der Waals surface area contributed by atoms with Crippen LogP contribution in [0.2, 0.25) is 0 Å². The molecule has 1 heterocycles. The van der Waals surface area contributed by atoms with Crippen molar-refractivity contribution in [1.82, 2.24) is 0 Å². The molecule has 25 heavy (non-hydrogen) atoms. The lowest BCUT2D eigenvalue weighted by molar-refractivity contribution is -0.503. The third-order valence-electron chi connectivity index (χ3n) is 3.94. The molecule has 1 radical (unpaired) electrons. The van der Waals surface area contributed by atoms with Crippen LogP contribution in [0.3, 0.4) is 0 Å². The molecule has 0 N–H and O–H groups in total. The first kappa shape index (κ1) is 15.6. The van der Waals surface area contributed by atoms with Gasteiger partial charge in [-0.3, -0.25) is 9.59 Å². The number of hydrogen-bond acceptors (Lipinski definition) is 5. The lowest BCUT2D eigenvalue weighted by atomic mass is 9.95. The van der Waals surface area contributed by atoms with Gasteiger partial charge in [0.1, 0.15) is 10.5 Å². The maximum Gasteiger partial charge on any atom is 0.409 e. The van der Waals surface area contributed by atoms with Crippen LogP contribution in [0.4, 0.5) is 5.69 Å². The summed E-state index contributed by atoms with van der Waals surface area (Å²) in [5.41, 5.74) is 10.7. The fourth-order valence-electron chi connectivity index (χ4n) is 2.72. The molecule has 2 aromatic carbocycles. The van der Waals surface area contributed by atoms with E-state index >= 15 is 0 Å². The summed E-state index contributed by atoms with van der Waals surface area (Å²) in [5.74, 6) is -1.43. The number of carbonyl (C=O) groups excluding carboxylic acids is 2. The normalized spacial score (nSPS) is 16.8.